The summed E-state index contributed by atoms with van der Waals surface area (Å²) in [5, 5.41) is 27.8. The summed E-state index contributed by atoms with van der Waals surface area (Å²) in [6.45, 7) is 1.95. The molecule has 1 aliphatic heterocycles. The molecule has 0 spiro atoms. The summed E-state index contributed by atoms with van der Waals surface area (Å²) in [6.07, 6.45) is -0.560. The Bertz CT molecular complexity index is 524. The van der Waals surface area contributed by atoms with Crippen molar-refractivity contribution in [1.29, 1.82) is 5.26 Å². The smallest absolute Gasteiger partial charge is 0.326 e. The SMILES string of the molecule is Cc1ccc(C#N)c(N2CC(O)CC2C(=O)O)n1. The van der Waals surface area contributed by atoms with E-state index in [-0.39, 0.29) is 13.0 Å². The molecular weight excluding hydrogens is 234 g/mol. The van der Waals surface area contributed by atoms with Crippen LogP contribution in [0.4, 0.5) is 5.82 Å². The third-order valence-corrected chi connectivity index (χ3v) is 2.97. The monoisotopic (exact) mass is 247 g/mol. The minimum absolute atomic E-state index is 0.149. The Labute approximate surface area is 104 Å². The Morgan fingerprint density at radius 1 is 1.61 bits per heavy atom. The number of hydrogen-bond donors (Lipinski definition) is 2. The average molecular weight is 247 g/mol. The number of nitriles is 1. The zero-order valence-electron chi connectivity index (χ0n) is 9.87. The van der Waals surface area contributed by atoms with E-state index in [1.165, 1.54) is 4.90 Å². The first-order valence-electron chi connectivity index (χ1n) is 5.58. The second-order valence-electron chi connectivity index (χ2n) is 4.33. The summed E-state index contributed by atoms with van der Waals surface area (Å²) in [4.78, 5) is 16.9. The molecule has 1 aromatic rings. The number of carboxylic acid groups (broad SMARTS) is 1. The maximum absolute atomic E-state index is 11.2. The zero-order valence-corrected chi connectivity index (χ0v) is 9.87. The Morgan fingerprint density at radius 2 is 2.33 bits per heavy atom. The van der Waals surface area contributed by atoms with Gasteiger partial charge in [0.1, 0.15) is 17.9 Å². The number of carboxylic acids is 1. The van der Waals surface area contributed by atoms with Crippen LogP contribution in [0.1, 0.15) is 17.7 Å². The van der Waals surface area contributed by atoms with Crippen molar-refractivity contribution in [3.63, 3.8) is 0 Å². The fourth-order valence-corrected chi connectivity index (χ4v) is 2.13. The molecule has 1 fully saturated rings. The van der Waals surface area contributed by atoms with Crippen molar-refractivity contribution >= 4 is 11.8 Å². The van der Waals surface area contributed by atoms with E-state index >= 15 is 0 Å². The molecule has 1 aromatic heterocycles. The molecule has 94 valence electrons. The summed E-state index contributed by atoms with van der Waals surface area (Å²) in [7, 11) is 0. The Hall–Kier alpha value is -2.13. The van der Waals surface area contributed by atoms with Gasteiger partial charge < -0.3 is 15.1 Å². The van der Waals surface area contributed by atoms with Crippen LogP contribution in [0.15, 0.2) is 12.1 Å². The van der Waals surface area contributed by atoms with E-state index in [0.717, 1.165) is 0 Å². The molecule has 6 nitrogen and oxygen atoms in total. The average Bonchev–Trinajstić information content (AvgIpc) is 2.71. The Balaban J connectivity index is 2.44. The second-order valence-corrected chi connectivity index (χ2v) is 4.33. The van der Waals surface area contributed by atoms with Gasteiger partial charge in [-0.15, -0.1) is 0 Å². The van der Waals surface area contributed by atoms with Gasteiger partial charge in [0.05, 0.1) is 11.7 Å². The molecule has 1 aliphatic rings. The lowest BCUT2D eigenvalue weighted by molar-refractivity contribution is -0.138. The third kappa shape index (κ3) is 2.13. The molecule has 1 saturated heterocycles. The largest absolute Gasteiger partial charge is 0.480 e. The normalized spacial score (nSPS) is 22.8. The predicted molar refractivity (Wildman–Crippen MR) is 63.1 cm³/mol. The third-order valence-electron chi connectivity index (χ3n) is 2.97. The number of hydrogen-bond acceptors (Lipinski definition) is 5. The molecule has 0 aliphatic carbocycles. The zero-order chi connectivity index (χ0) is 13.3. The standard InChI is InChI=1S/C12H13N3O3/c1-7-2-3-8(5-13)11(14-7)15-6-9(16)4-10(15)12(17)18/h2-3,9-10,16H,4,6H2,1H3,(H,17,18). The molecule has 6 heteroatoms. The van der Waals surface area contributed by atoms with Crippen LogP contribution in [0.25, 0.3) is 0 Å². The van der Waals surface area contributed by atoms with E-state index in [1.807, 2.05) is 6.07 Å². The Kier molecular flexibility index (Phi) is 3.17. The van der Waals surface area contributed by atoms with Crippen molar-refractivity contribution in [1.82, 2.24) is 4.98 Å². The van der Waals surface area contributed by atoms with Gasteiger partial charge in [-0.05, 0) is 19.1 Å². The van der Waals surface area contributed by atoms with Gasteiger partial charge >= 0.3 is 5.97 Å². The number of aryl methyl sites for hydroxylation is 1. The van der Waals surface area contributed by atoms with Crippen LogP contribution in [-0.2, 0) is 4.79 Å². The number of pyridine rings is 1. The number of aliphatic carboxylic acids is 1. The lowest BCUT2D eigenvalue weighted by atomic mass is 10.2. The molecular formula is C12H13N3O3. The molecule has 0 bridgehead atoms. The molecule has 2 heterocycles. The van der Waals surface area contributed by atoms with Gasteiger partial charge in [0, 0.05) is 18.7 Å². The first-order valence-corrected chi connectivity index (χ1v) is 5.58. The van der Waals surface area contributed by atoms with E-state index in [4.69, 9.17) is 10.4 Å². The quantitative estimate of drug-likeness (QED) is 0.779. The highest BCUT2D eigenvalue weighted by molar-refractivity contribution is 5.79. The number of aliphatic hydroxyl groups is 1. The van der Waals surface area contributed by atoms with Crippen LogP contribution in [0, 0.1) is 18.3 Å². The van der Waals surface area contributed by atoms with Gasteiger partial charge in [-0.2, -0.15) is 5.26 Å². The lowest BCUT2D eigenvalue weighted by Gasteiger charge is -2.23. The maximum Gasteiger partial charge on any atom is 0.326 e. The number of aromatic nitrogens is 1. The molecule has 2 rings (SSSR count). The lowest BCUT2D eigenvalue weighted by Crippen LogP contribution is -2.37. The van der Waals surface area contributed by atoms with Gasteiger partial charge in [0.25, 0.3) is 0 Å². The Morgan fingerprint density at radius 3 is 2.94 bits per heavy atom. The predicted octanol–water partition coefficient (Wildman–Crippen LogP) is 0.286. The van der Waals surface area contributed by atoms with E-state index in [1.54, 1.807) is 19.1 Å². The van der Waals surface area contributed by atoms with Crippen molar-refractivity contribution in [3.8, 4) is 6.07 Å². The fourth-order valence-electron chi connectivity index (χ4n) is 2.13. The van der Waals surface area contributed by atoms with Crippen LogP contribution >= 0.6 is 0 Å². The van der Waals surface area contributed by atoms with E-state index < -0.39 is 18.1 Å². The van der Waals surface area contributed by atoms with Gasteiger partial charge in [-0.3, -0.25) is 0 Å². The number of carbonyl (C=O) groups is 1. The summed E-state index contributed by atoms with van der Waals surface area (Å²) in [5.41, 5.74) is 1.02. The van der Waals surface area contributed by atoms with Gasteiger partial charge in [0.15, 0.2) is 0 Å². The molecule has 18 heavy (non-hydrogen) atoms. The maximum atomic E-state index is 11.2. The summed E-state index contributed by atoms with van der Waals surface area (Å²) in [6, 6.07) is 4.47. The summed E-state index contributed by atoms with van der Waals surface area (Å²) >= 11 is 0. The first kappa shape index (κ1) is 12.3. The van der Waals surface area contributed by atoms with Crippen LogP contribution < -0.4 is 4.90 Å². The highest BCUT2D eigenvalue weighted by atomic mass is 16.4. The number of rotatable bonds is 2. The molecule has 0 radical (unpaired) electrons. The number of β-amino-alcohol motifs (C(OH)–C–C–N with tert-alkyl or cyclic N) is 1. The summed E-state index contributed by atoms with van der Waals surface area (Å²) in [5.74, 6) is -0.680. The number of anilines is 1. The van der Waals surface area contributed by atoms with Crippen molar-refractivity contribution < 1.29 is 15.0 Å². The van der Waals surface area contributed by atoms with E-state index in [9.17, 15) is 9.90 Å². The minimum atomic E-state index is -1.02. The first-order chi connectivity index (χ1) is 8.52. The number of aliphatic hydroxyl groups excluding tert-OH is 1. The van der Waals surface area contributed by atoms with Crippen molar-refractivity contribution in [2.75, 3.05) is 11.4 Å². The van der Waals surface area contributed by atoms with Gasteiger partial charge in [-0.25, -0.2) is 9.78 Å². The number of nitrogens with zero attached hydrogens (tertiary/aromatic N) is 3. The molecule has 2 atom stereocenters. The van der Waals surface area contributed by atoms with Crippen LogP contribution in [0.5, 0.6) is 0 Å². The molecule has 2 unspecified atom stereocenters. The van der Waals surface area contributed by atoms with Crippen molar-refractivity contribution in [2.24, 2.45) is 0 Å². The topological polar surface area (TPSA) is 97.5 Å². The van der Waals surface area contributed by atoms with Gasteiger partial charge in [-0.1, -0.05) is 0 Å². The molecule has 2 N–H and O–H groups in total. The van der Waals surface area contributed by atoms with E-state index in [2.05, 4.69) is 4.98 Å². The second kappa shape index (κ2) is 4.63. The van der Waals surface area contributed by atoms with Crippen molar-refractivity contribution in [3.05, 3.63) is 23.4 Å². The molecule has 0 amide bonds. The highest BCUT2D eigenvalue weighted by Gasteiger charge is 2.37. The van der Waals surface area contributed by atoms with E-state index in [0.29, 0.717) is 17.1 Å². The van der Waals surface area contributed by atoms with Gasteiger partial charge in [0.2, 0.25) is 0 Å². The molecule has 0 aromatic carbocycles. The molecule has 0 saturated carbocycles. The minimum Gasteiger partial charge on any atom is -0.480 e. The highest BCUT2D eigenvalue weighted by Crippen LogP contribution is 2.27. The van der Waals surface area contributed by atoms with Crippen molar-refractivity contribution in [2.45, 2.75) is 25.5 Å². The van der Waals surface area contributed by atoms with Crippen LogP contribution in [-0.4, -0.2) is 39.9 Å². The van der Waals surface area contributed by atoms with Crippen LogP contribution in [0.3, 0.4) is 0 Å². The van der Waals surface area contributed by atoms with Crippen LogP contribution in [0.2, 0.25) is 0 Å². The summed E-state index contributed by atoms with van der Waals surface area (Å²) < 4.78 is 0. The fraction of sp³-hybridized carbons (Fsp3) is 0.417.